The number of hydrogen-bond donors (Lipinski definition) is 2. The molecule has 0 atom stereocenters. The van der Waals surface area contributed by atoms with Crippen LogP contribution in [0.1, 0.15) is 0 Å². The van der Waals surface area contributed by atoms with Crippen molar-refractivity contribution in [2.75, 3.05) is 13.6 Å². The van der Waals surface area contributed by atoms with Gasteiger partial charge in [0.25, 0.3) is 0 Å². The molecular weight excluding hydrogens is 279 g/mol. The van der Waals surface area contributed by atoms with Gasteiger partial charge in [-0.1, -0.05) is 0 Å². The summed E-state index contributed by atoms with van der Waals surface area (Å²) in [6.07, 6.45) is 0. The van der Waals surface area contributed by atoms with E-state index in [1.165, 1.54) is 7.05 Å². The largest absolute Gasteiger partial charge is 1.00 e. The fourth-order valence-electron chi connectivity index (χ4n) is 0.432. The van der Waals surface area contributed by atoms with E-state index < -0.39 is 26.3 Å². The van der Waals surface area contributed by atoms with Crippen LogP contribution < -0.4 is 74.6 Å². The Bertz CT molecular complexity index is 272. The Morgan fingerprint density at radius 2 is 1.76 bits per heavy atom. The number of hydrogen-bond acceptors (Lipinski definition) is 6. The van der Waals surface area contributed by atoms with Gasteiger partial charge in [-0.3, -0.25) is 5.41 Å². The summed E-state index contributed by atoms with van der Waals surface area (Å²) < 4.78 is 13.4. The van der Waals surface area contributed by atoms with E-state index in [0.29, 0.717) is 0 Å². The molecule has 0 unspecified atom stereocenters. The van der Waals surface area contributed by atoms with E-state index in [1.807, 2.05) is 0 Å². The molecule has 0 spiro atoms. The molecule has 0 aliphatic carbocycles. The zero-order valence-corrected chi connectivity index (χ0v) is 14.6. The van der Waals surface area contributed by atoms with Crippen molar-refractivity contribution in [1.82, 2.24) is 4.90 Å². The van der Waals surface area contributed by atoms with Crippen molar-refractivity contribution in [2.24, 2.45) is 5.73 Å². The van der Waals surface area contributed by atoms with E-state index in [9.17, 15) is 19.1 Å². The topological polar surface area (TPSA) is 206 Å². The summed E-state index contributed by atoms with van der Waals surface area (Å²) in [7, 11) is -4.03. The number of carbonyl (C=O) groups is 1. The molecule has 0 aliphatic heterocycles. The number of guanidine groups is 1. The quantitative estimate of drug-likeness (QED) is 0.222. The summed E-state index contributed by atoms with van der Waals surface area (Å²) in [6, 6.07) is 0. The number of phosphoric acid groups is 1. The predicted molar refractivity (Wildman–Crippen MR) is 45.5 cm³/mol. The monoisotopic (exact) mass is 291 g/mol. The average Bonchev–Trinajstić information content (AvgIpc) is 1.81. The third-order valence-electron chi connectivity index (χ3n) is 0.991. The Kier molecular flexibility index (Phi) is 23.9. The first-order valence-electron chi connectivity index (χ1n) is 3.02. The van der Waals surface area contributed by atoms with Gasteiger partial charge in [0.1, 0.15) is 14.4 Å². The van der Waals surface area contributed by atoms with Gasteiger partial charge in [-0.25, -0.2) is 4.79 Å². The van der Waals surface area contributed by atoms with Gasteiger partial charge in [-0.2, -0.15) is 0 Å². The maximum Gasteiger partial charge on any atom is 1.00 e. The molecule has 17 heavy (non-hydrogen) atoms. The second-order valence-electron chi connectivity index (χ2n) is 2.15. The Labute approximate surface area is 142 Å². The number of nitrogens with one attached hydrogen (secondary N) is 1. The molecule has 92 valence electrons. The number of nitrogens with two attached hydrogens (primary N) is 1. The minimum Gasteiger partial charge on any atom is -0.780 e. The van der Waals surface area contributed by atoms with Crippen molar-refractivity contribution >= 4 is 19.8 Å². The Hall–Kier alpha value is 0.810. The first-order chi connectivity index (χ1) is 5.72. The van der Waals surface area contributed by atoms with Gasteiger partial charge in [-0.15, -0.1) is 0 Å². The van der Waals surface area contributed by atoms with Crippen molar-refractivity contribution in [3.05, 3.63) is 0 Å². The first kappa shape index (κ1) is 30.7. The predicted octanol–water partition coefficient (Wildman–Crippen LogP) is -10.5. The van der Waals surface area contributed by atoms with Crippen molar-refractivity contribution in [3.8, 4) is 0 Å². The summed E-state index contributed by atoms with van der Waals surface area (Å²) >= 11 is 0. The zero-order valence-electron chi connectivity index (χ0n) is 9.72. The summed E-state index contributed by atoms with van der Waals surface area (Å²) in [5, 5.41) is 6.80. The maximum atomic E-state index is 10.6. The van der Waals surface area contributed by atoms with Crippen LogP contribution in [0.5, 0.6) is 0 Å². The SMILES string of the molecule is CN(CC(=O)OP(=O)([O-])[O-])C(=N)N.O.O.[Na+].[Na+]. The van der Waals surface area contributed by atoms with Gasteiger partial charge >= 0.3 is 65.1 Å². The van der Waals surface area contributed by atoms with Crippen LogP contribution in [0.3, 0.4) is 0 Å². The normalized spacial score (nSPS) is 8.18. The fourth-order valence-corrected chi connectivity index (χ4v) is 0.740. The molecule has 0 aromatic rings. The summed E-state index contributed by atoms with van der Waals surface area (Å²) in [5.41, 5.74) is 4.92. The Morgan fingerprint density at radius 3 is 2.00 bits per heavy atom. The van der Waals surface area contributed by atoms with Crippen molar-refractivity contribution < 1.29 is 93.7 Å². The molecular formula is C4H12N3Na2O7P. The summed E-state index contributed by atoms with van der Waals surface area (Å²) in [4.78, 5) is 31.3. The van der Waals surface area contributed by atoms with Gasteiger partial charge < -0.3 is 40.5 Å². The molecule has 0 aromatic carbocycles. The van der Waals surface area contributed by atoms with Gasteiger partial charge in [0.15, 0.2) is 5.96 Å². The van der Waals surface area contributed by atoms with Crippen LogP contribution in [0.2, 0.25) is 0 Å². The Balaban J connectivity index is -0.000000120. The number of nitrogens with zero attached hydrogens (tertiary/aromatic N) is 1. The van der Waals surface area contributed by atoms with Gasteiger partial charge in [0.2, 0.25) is 0 Å². The van der Waals surface area contributed by atoms with Crippen LogP contribution in [0.25, 0.3) is 0 Å². The number of likely N-dealkylation sites (N-methyl/N-ethyl adjacent to an activating group) is 1. The van der Waals surface area contributed by atoms with Gasteiger partial charge in [-0.05, 0) is 0 Å². The summed E-state index contributed by atoms with van der Waals surface area (Å²) in [5.74, 6) is -1.71. The second-order valence-corrected chi connectivity index (χ2v) is 3.23. The van der Waals surface area contributed by atoms with E-state index in [2.05, 4.69) is 4.52 Å². The molecule has 0 saturated carbocycles. The van der Waals surface area contributed by atoms with Crippen LogP contribution in [0, 0.1) is 5.41 Å². The van der Waals surface area contributed by atoms with E-state index in [-0.39, 0.29) is 70.1 Å². The van der Waals surface area contributed by atoms with E-state index in [1.54, 1.807) is 0 Å². The first-order valence-corrected chi connectivity index (χ1v) is 4.48. The summed E-state index contributed by atoms with van der Waals surface area (Å²) in [6.45, 7) is -0.566. The minimum absolute atomic E-state index is 0. The van der Waals surface area contributed by atoms with Crippen molar-refractivity contribution in [3.63, 3.8) is 0 Å². The van der Waals surface area contributed by atoms with Gasteiger partial charge in [0.05, 0.1) is 0 Å². The zero-order chi connectivity index (χ0) is 10.6. The molecule has 0 aromatic heterocycles. The third kappa shape index (κ3) is 19.3. The number of phosphoric ester groups is 1. The van der Waals surface area contributed by atoms with E-state index in [0.717, 1.165) is 4.90 Å². The van der Waals surface area contributed by atoms with Crippen molar-refractivity contribution in [1.29, 1.82) is 5.41 Å². The molecule has 13 heteroatoms. The second kappa shape index (κ2) is 13.2. The molecule has 0 rings (SSSR count). The van der Waals surface area contributed by atoms with Crippen LogP contribution in [0.4, 0.5) is 0 Å². The molecule has 10 nitrogen and oxygen atoms in total. The number of carbonyl (C=O) groups excluding carboxylic acids is 1. The molecule has 0 aliphatic rings. The van der Waals surface area contributed by atoms with Gasteiger partial charge in [0, 0.05) is 7.05 Å². The fraction of sp³-hybridized carbons (Fsp3) is 0.500. The standard InChI is InChI=1S/C4H10N3O5P.2Na.2H2O/c1-7(4(5)6)2-3(8)12-13(9,10)11;;;;/h2H2,1H3,(H3,5,6)(H2,9,10,11);;;2*1H2/q;2*+1;;/p-2. The van der Waals surface area contributed by atoms with E-state index >= 15 is 0 Å². The number of rotatable bonds is 3. The molecule has 0 heterocycles. The van der Waals surface area contributed by atoms with Crippen LogP contribution in [-0.4, -0.2) is 41.4 Å². The van der Waals surface area contributed by atoms with Crippen LogP contribution in [-0.2, 0) is 13.9 Å². The van der Waals surface area contributed by atoms with E-state index in [4.69, 9.17) is 11.1 Å². The Morgan fingerprint density at radius 1 is 1.41 bits per heavy atom. The molecule has 0 amide bonds. The third-order valence-corrected chi connectivity index (χ3v) is 1.42. The molecule has 7 N–H and O–H groups in total. The molecule has 0 radical (unpaired) electrons. The average molecular weight is 291 g/mol. The maximum absolute atomic E-state index is 10.6. The van der Waals surface area contributed by atoms with Crippen LogP contribution >= 0.6 is 7.82 Å². The molecule has 0 fully saturated rings. The molecule has 0 saturated heterocycles. The minimum atomic E-state index is -5.30. The molecule has 0 bridgehead atoms. The van der Waals surface area contributed by atoms with Crippen molar-refractivity contribution in [2.45, 2.75) is 0 Å². The smallest absolute Gasteiger partial charge is 0.780 e. The van der Waals surface area contributed by atoms with Crippen LogP contribution in [0.15, 0.2) is 0 Å².